The van der Waals surface area contributed by atoms with Crippen molar-refractivity contribution in [3.8, 4) is 0 Å². The second-order valence-corrected chi connectivity index (χ2v) is 3.05. The number of benzene rings is 1. The molecule has 11 heavy (non-hydrogen) atoms. The quantitative estimate of drug-likeness (QED) is 0.534. The molecule has 2 heteroatoms. The van der Waals surface area contributed by atoms with Gasteiger partial charge in [0.25, 0.3) is 0 Å². The molecule has 1 atom stereocenters. The third-order valence-electron chi connectivity index (χ3n) is 2.20. The van der Waals surface area contributed by atoms with Gasteiger partial charge in [0.1, 0.15) is 0 Å². The van der Waals surface area contributed by atoms with Crippen LogP contribution in [-0.4, -0.2) is 11.2 Å². The van der Waals surface area contributed by atoms with Crippen molar-refractivity contribution in [2.45, 2.75) is 18.9 Å². The lowest BCUT2D eigenvalue weighted by Crippen LogP contribution is -2.04. The third-order valence-corrected chi connectivity index (χ3v) is 2.20. The van der Waals surface area contributed by atoms with Crippen LogP contribution in [-0.2, 0) is 12.8 Å². The van der Waals surface area contributed by atoms with Crippen molar-refractivity contribution in [1.82, 2.24) is 0 Å². The monoisotopic (exact) mass is 149 g/mol. The molecule has 1 aliphatic carbocycles. The molecule has 0 saturated heterocycles. The van der Waals surface area contributed by atoms with Crippen LogP contribution in [0.5, 0.6) is 0 Å². The first-order valence-electron chi connectivity index (χ1n) is 3.81. The van der Waals surface area contributed by atoms with E-state index in [-0.39, 0.29) is 6.10 Å². The van der Waals surface area contributed by atoms with Crippen LogP contribution in [0.2, 0.25) is 0 Å². The van der Waals surface area contributed by atoms with E-state index in [0.29, 0.717) is 0 Å². The predicted octanol–water partition coefficient (Wildman–Crippen LogP) is 0.728. The topological polar surface area (TPSA) is 46.2 Å². The van der Waals surface area contributed by atoms with Gasteiger partial charge >= 0.3 is 0 Å². The van der Waals surface area contributed by atoms with Crippen molar-refractivity contribution in [1.29, 1.82) is 0 Å². The fraction of sp³-hybridized carbons (Fsp3) is 0.333. The Morgan fingerprint density at radius 3 is 2.91 bits per heavy atom. The lowest BCUT2D eigenvalue weighted by molar-refractivity contribution is 0.187. The lowest BCUT2D eigenvalue weighted by atomic mass is 10.1. The van der Waals surface area contributed by atoms with Crippen molar-refractivity contribution in [3.05, 3.63) is 29.3 Å². The molecule has 1 aromatic carbocycles. The Kier molecular flexibility index (Phi) is 1.36. The van der Waals surface area contributed by atoms with Crippen molar-refractivity contribution in [3.63, 3.8) is 0 Å². The summed E-state index contributed by atoms with van der Waals surface area (Å²) in [7, 11) is 0. The average Bonchev–Trinajstić information content (AvgIpc) is 2.31. The first-order valence-corrected chi connectivity index (χ1v) is 3.81. The molecule has 58 valence electrons. The van der Waals surface area contributed by atoms with Crippen molar-refractivity contribution >= 4 is 5.69 Å². The van der Waals surface area contributed by atoms with Crippen LogP contribution >= 0.6 is 0 Å². The molecule has 0 amide bonds. The van der Waals surface area contributed by atoms with E-state index in [0.717, 1.165) is 24.1 Å². The summed E-state index contributed by atoms with van der Waals surface area (Å²) in [5.74, 6) is 0. The van der Waals surface area contributed by atoms with Crippen LogP contribution in [0.3, 0.4) is 0 Å². The van der Waals surface area contributed by atoms with Crippen molar-refractivity contribution in [2.75, 3.05) is 5.73 Å². The molecule has 0 bridgehead atoms. The van der Waals surface area contributed by atoms with Gasteiger partial charge in [-0.25, -0.2) is 0 Å². The van der Waals surface area contributed by atoms with Crippen LogP contribution in [0.25, 0.3) is 0 Å². The summed E-state index contributed by atoms with van der Waals surface area (Å²) >= 11 is 0. The molecule has 0 fully saturated rings. The second kappa shape index (κ2) is 2.24. The van der Waals surface area contributed by atoms with Gasteiger partial charge in [0.2, 0.25) is 0 Å². The van der Waals surface area contributed by atoms with E-state index in [4.69, 9.17) is 5.73 Å². The summed E-state index contributed by atoms with van der Waals surface area (Å²) in [6.07, 6.45) is 1.28. The largest absolute Gasteiger partial charge is 0.398 e. The zero-order valence-corrected chi connectivity index (χ0v) is 6.25. The minimum atomic E-state index is -0.213. The Bertz CT molecular complexity index is 283. The molecule has 0 spiro atoms. The Balaban J connectivity index is 2.49. The number of aliphatic hydroxyl groups excluding tert-OH is 1. The standard InChI is InChI=1S/C9H11NO/c10-9-3-1-2-6-4-7(11)5-8(6)9/h1-3,7,11H,4-5,10H2/t7-/m0/s1. The van der Waals surface area contributed by atoms with Crippen LogP contribution < -0.4 is 5.73 Å². The fourth-order valence-corrected chi connectivity index (χ4v) is 1.66. The highest BCUT2D eigenvalue weighted by atomic mass is 16.3. The lowest BCUT2D eigenvalue weighted by Gasteiger charge is -2.00. The van der Waals surface area contributed by atoms with Crippen LogP contribution in [0.15, 0.2) is 18.2 Å². The third kappa shape index (κ3) is 0.994. The van der Waals surface area contributed by atoms with Crippen LogP contribution in [0, 0.1) is 0 Å². The van der Waals surface area contributed by atoms with E-state index in [1.54, 1.807) is 0 Å². The first-order chi connectivity index (χ1) is 5.27. The Labute approximate surface area is 65.7 Å². The summed E-state index contributed by atoms with van der Waals surface area (Å²) in [6, 6.07) is 5.85. The summed E-state index contributed by atoms with van der Waals surface area (Å²) in [4.78, 5) is 0. The number of hydrogen-bond donors (Lipinski definition) is 2. The fourth-order valence-electron chi connectivity index (χ4n) is 1.66. The van der Waals surface area contributed by atoms with E-state index in [1.165, 1.54) is 5.56 Å². The summed E-state index contributed by atoms with van der Waals surface area (Å²) in [5.41, 5.74) is 8.89. The maximum absolute atomic E-state index is 9.32. The molecule has 0 heterocycles. The number of hydrogen-bond acceptors (Lipinski definition) is 2. The van der Waals surface area contributed by atoms with Gasteiger partial charge in [-0.05, 0) is 23.6 Å². The van der Waals surface area contributed by atoms with Gasteiger partial charge in [-0.15, -0.1) is 0 Å². The number of nitrogens with two attached hydrogens (primary N) is 1. The van der Waals surface area contributed by atoms with Gasteiger partial charge in [0, 0.05) is 12.1 Å². The molecule has 0 aliphatic heterocycles. The number of fused-ring (bicyclic) bond motifs is 1. The molecule has 3 N–H and O–H groups in total. The average molecular weight is 149 g/mol. The van der Waals surface area contributed by atoms with E-state index < -0.39 is 0 Å². The van der Waals surface area contributed by atoms with Crippen molar-refractivity contribution in [2.24, 2.45) is 0 Å². The molecular formula is C9H11NO. The number of nitrogen functional groups attached to an aromatic ring is 1. The zero-order chi connectivity index (χ0) is 7.84. The van der Waals surface area contributed by atoms with Gasteiger partial charge in [-0.2, -0.15) is 0 Å². The van der Waals surface area contributed by atoms with E-state index >= 15 is 0 Å². The zero-order valence-electron chi connectivity index (χ0n) is 6.25. The Morgan fingerprint density at radius 1 is 1.36 bits per heavy atom. The first kappa shape index (κ1) is 6.68. The maximum Gasteiger partial charge on any atom is 0.0621 e. The Morgan fingerprint density at radius 2 is 2.18 bits per heavy atom. The molecule has 2 nitrogen and oxygen atoms in total. The number of rotatable bonds is 0. The molecule has 0 radical (unpaired) electrons. The van der Waals surface area contributed by atoms with Gasteiger partial charge in [-0.1, -0.05) is 12.1 Å². The van der Waals surface area contributed by atoms with E-state index in [2.05, 4.69) is 0 Å². The minimum Gasteiger partial charge on any atom is -0.398 e. The molecule has 2 rings (SSSR count). The molecule has 1 aromatic rings. The molecular weight excluding hydrogens is 138 g/mol. The normalized spacial score (nSPS) is 21.7. The molecule has 1 aliphatic rings. The predicted molar refractivity (Wildman–Crippen MR) is 44.3 cm³/mol. The smallest absolute Gasteiger partial charge is 0.0621 e. The minimum absolute atomic E-state index is 0.213. The van der Waals surface area contributed by atoms with Crippen molar-refractivity contribution < 1.29 is 5.11 Å². The van der Waals surface area contributed by atoms with E-state index in [1.807, 2.05) is 18.2 Å². The highest BCUT2D eigenvalue weighted by molar-refractivity contribution is 5.53. The summed E-state index contributed by atoms with van der Waals surface area (Å²) in [6.45, 7) is 0. The highest BCUT2D eigenvalue weighted by Crippen LogP contribution is 2.26. The van der Waals surface area contributed by atoms with Gasteiger partial charge in [0.05, 0.1) is 6.10 Å². The van der Waals surface area contributed by atoms with Gasteiger partial charge < -0.3 is 10.8 Å². The van der Waals surface area contributed by atoms with Gasteiger partial charge in [-0.3, -0.25) is 0 Å². The number of aliphatic hydroxyl groups is 1. The molecule has 0 aromatic heterocycles. The molecule has 0 unspecified atom stereocenters. The van der Waals surface area contributed by atoms with E-state index in [9.17, 15) is 5.11 Å². The highest BCUT2D eigenvalue weighted by Gasteiger charge is 2.20. The van der Waals surface area contributed by atoms with Gasteiger partial charge in [0.15, 0.2) is 0 Å². The Hall–Kier alpha value is -1.02. The second-order valence-electron chi connectivity index (χ2n) is 3.05. The molecule has 0 saturated carbocycles. The summed E-state index contributed by atoms with van der Waals surface area (Å²) < 4.78 is 0. The summed E-state index contributed by atoms with van der Waals surface area (Å²) in [5, 5.41) is 9.32. The van der Waals surface area contributed by atoms with Crippen LogP contribution in [0.1, 0.15) is 11.1 Å². The number of anilines is 1. The maximum atomic E-state index is 9.32. The van der Waals surface area contributed by atoms with Crippen LogP contribution in [0.4, 0.5) is 5.69 Å². The SMILES string of the molecule is Nc1cccc2c1C[C@@H](O)C2.